The predicted molar refractivity (Wildman–Crippen MR) is 89.3 cm³/mol. The van der Waals surface area contributed by atoms with Gasteiger partial charge in [-0.3, -0.25) is 9.89 Å². The van der Waals surface area contributed by atoms with Crippen molar-refractivity contribution in [3.8, 4) is 0 Å². The van der Waals surface area contributed by atoms with E-state index >= 15 is 0 Å². The number of anilines is 1. The van der Waals surface area contributed by atoms with Gasteiger partial charge < -0.3 is 5.32 Å². The van der Waals surface area contributed by atoms with Gasteiger partial charge in [-0.15, -0.1) is 16.4 Å². The Morgan fingerprint density at radius 3 is 3.04 bits per heavy atom. The van der Waals surface area contributed by atoms with Crippen LogP contribution in [0.1, 0.15) is 10.7 Å². The average molecular weight is 348 g/mol. The second kappa shape index (κ2) is 7.38. The van der Waals surface area contributed by atoms with Gasteiger partial charge in [-0.1, -0.05) is 23.9 Å². The number of nitrogens with zero attached hydrogens (tertiary/aromatic N) is 2. The highest BCUT2D eigenvalue weighted by Crippen LogP contribution is 2.17. The zero-order valence-corrected chi connectivity index (χ0v) is 13.6. The molecule has 3 rings (SSSR count). The number of H-pyrrole nitrogens is 1. The fourth-order valence-electron chi connectivity index (χ4n) is 1.89. The molecule has 1 aromatic carbocycles. The molecule has 0 atom stereocenters. The molecule has 0 fully saturated rings. The van der Waals surface area contributed by atoms with Crippen LogP contribution in [-0.4, -0.2) is 26.8 Å². The van der Waals surface area contributed by atoms with Crippen molar-refractivity contribution in [1.82, 2.24) is 15.2 Å². The first kappa shape index (κ1) is 15.7. The molecular formula is C15H13FN4OS2. The van der Waals surface area contributed by atoms with E-state index in [9.17, 15) is 9.18 Å². The fraction of sp³-hybridized carbons (Fsp3) is 0.133. The van der Waals surface area contributed by atoms with Gasteiger partial charge in [0.15, 0.2) is 0 Å². The first-order chi connectivity index (χ1) is 11.2. The number of carbonyl (C=O) groups excluding carboxylic acids is 1. The van der Waals surface area contributed by atoms with Gasteiger partial charge in [0.1, 0.15) is 11.6 Å². The first-order valence-electron chi connectivity index (χ1n) is 6.81. The number of benzene rings is 1. The maximum atomic E-state index is 13.0. The van der Waals surface area contributed by atoms with Crippen molar-refractivity contribution in [2.45, 2.75) is 11.6 Å². The molecular weight excluding hydrogens is 335 g/mol. The van der Waals surface area contributed by atoms with E-state index in [0.29, 0.717) is 17.3 Å². The summed E-state index contributed by atoms with van der Waals surface area (Å²) < 4.78 is 13.0. The molecule has 1 amide bonds. The highest BCUT2D eigenvalue weighted by Gasteiger charge is 2.09. The summed E-state index contributed by atoms with van der Waals surface area (Å²) in [5, 5.41) is 12.1. The number of rotatable bonds is 6. The van der Waals surface area contributed by atoms with Crippen LogP contribution < -0.4 is 5.32 Å². The number of thiophene rings is 1. The van der Waals surface area contributed by atoms with Gasteiger partial charge in [-0.2, -0.15) is 0 Å². The lowest BCUT2D eigenvalue weighted by Crippen LogP contribution is -2.14. The third kappa shape index (κ3) is 4.64. The predicted octanol–water partition coefficient (Wildman–Crippen LogP) is 3.33. The van der Waals surface area contributed by atoms with E-state index in [2.05, 4.69) is 20.5 Å². The number of thioether (sulfide) groups is 1. The molecule has 0 aliphatic rings. The molecule has 0 unspecified atom stereocenters. The summed E-state index contributed by atoms with van der Waals surface area (Å²) in [6.45, 7) is 0. The summed E-state index contributed by atoms with van der Waals surface area (Å²) in [4.78, 5) is 17.4. The molecule has 0 saturated carbocycles. The molecule has 5 nitrogen and oxygen atoms in total. The summed E-state index contributed by atoms with van der Waals surface area (Å²) in [5.41, 5.74) is 0.434. The molecule has 23 heavy (non-hydrogen) atoms. The third-order valence-electron chi connectivity index (χ3n) is 2.87. The van der Waals surface area contributed by atoms with E-state index in [1.807, 2.05) is 17.5 Å². The van der Waals surface area contributed by atoms with Crippen LogP contribution in [0, 0.1) is 5.82 Å². The number of carbonyl (C=O) groups is 1. The summed E-state index contributed by atoms with van der Waals surface area (Å²) in [5.74, 6) is 0.306. The Labute approximate surface area is 140 Å². The maximum Gasteiger partial charge on any atom is 0.234 e. The molecule has 8 heteroatoms. The van der Waals surface area contributed by atoms with E-state index in [1.54, 1.807) is 23.5 Å². The van der Waals surface area contributed by atoms with Crippen molar-refractivity contribution >= 4 is 34.7 Å². The Balaban J connectivity index is 1.50. The molecule has 0 aliphatic carbocycles. The topological polar surface area (TPSA) is 70.7 Å². The van der Waals surface area contributed by atoms with Gasteiger partial charge in [0.25, 0.3) is 0 Å². The lowest BCUT2D eigenvalue weighted by atomic mass is 10.3. The Kier molecular flexibility index (Phi) is 5.04. The van der Waals surface area contributed by atoms with Crippen molar-refractivity contribution in [2.75, 3.05) is 11.1 Å². The molecule has 0 radical (unpaired) electrons. The summed E-state index contributed by atoms with van der Waals surface area (Å²) in [6, 6.07) is 9.80. The Bertz CT molecular complexity index is 788. The molecule has 118 valence electrons. The van der Waals surface area contributed by atoms with Gasteiger partial charge >= 0.3 is 0 Å². The molecule has 2 N–H and O–H groups in total. The fourth-order valence-corrected chi connectivity index (χ4v) is 3.22. The summed E-state index contributed by atoms with van der Waals surface area (Å²) in [7, 11) is 0. The van der Waals surface area contributed by atoms with Crippen LogP contribution in [0.25, 0.3) is 0 Å². The van der Waals surface area contributed by atoms with Gasteiger partial charge in [0.05, 0.1) is 5.75 Å². The number of aromatic amines is 1. The summed E-state index contributed by atoms with van der Waals surface area (Å²) >= 11 is 2.89. The quantitative estimate of drug-likeness (QED) is 0.671. The number of hydrogen-bond acceptors (Lipinski definition) is 5. The normalized spacial score (nSPS) is 10.7. The number of halogens is 1. The molecule has 2 aromatic heterocycles. The first-order valence-corrected chi connectivity index (χ1v) is 8.67. The van der Waals surface area contributed by atoms with Crippen LogP contribution >= 0.6 is 23.1 Å². The minimum atomic E-state index is -0.386. The Morgan fingerprint density at radius 2 is 2.26 bits per heavy atom. The Hall–Kier alpha value is -2.19. The van der Waals surface area contributed by atoms with Crippen LogP contribution in [-0.2, 0) is 11.2 Å². The smallest absolute Gasteiger partial charge is 0.234 e. The molecule has 0 bridgehead atoms. The third-order valence-corrected chi connectivity index (χ3v) is 4.60. The summed E-state index contributed by atoms with van der Waals surface area (Å²) in [6.07, 6.45) is 0.695. The van der Waals surface area contributed by atoms with Crippen LogP contribution in [0.15, 0.2) is 46.9 Å². The van der Waals surface area contributed by atoms with Gasteiger partial charge in [-0.25, -0.2) is 9.37 Å². The lowest BCUT2D eigenvalue weighted by molar-refractivity contribution is -0.113. The van der Waals surface area contributed by atoms with Crippen LogP contribution in [0.5, 0.6) is 0 Å². The van der Waals surface area contributed by atoms with E-state index < -0.39 is 0 Å². The SMILES string of the molecule is O=C(CSc1n[nH]c(Cc2cccs2)n1)Nc1cccc(F)c1. The Morgan fingerprint density at radius 1 is 1.35 bits per heavy atom. The van der Waals surface area contributed by atoms with Gasteiger partial charge in [0, 0.05) is 17.0 Å². The minimum absolute atomic E-state index is 0.160. The van der Waals surface area contributed by atoms with Crippen molar-refractivity contribution < 1.29 is 9.18 Å². The minimum Gasteiger partial charge on any atom is -0.325 e. The molecule has 0 saturated heterocycles. The average Bonchev–Trinajstić information content (AvgIpc) is 3.18. The second-order valence-corrected chi connectivity index (χ2v) is 6.64. The largest absolute Gasteiger partial charge is 0.325 e. The van der Waals surface area contributed by atoms with Crippen molar-refractivity contribution in [3.05, 3.63) is 58.3 Å². The second-order valence-electron chi connectivity index (χ2n) is 4.67. The van der Waals surface area contributed by atoms with Gasteiger partial charge in [-0.05, 0) is 29.6 Å². The van der Waals surface area contributed by atoms with E-state index in [1.165, 1.54) is 28.8 Å². The van der Waals surface area contributed by atoms with Crippen LogP contribution in [0.3, 0.4) is 0 Å². The molecule has 2 heterocycles. The van der Waals surface area contributed by atoms with E-state index in [4.69, 9.17) is 0 Å². The number of hydrogen-bond donors (Lipinski definition) is 2. The van der Waals surface area contributed by atoms with Crippen LogP contribution in [0.4, 0.5) is 10.1 Å². The van der Waals surface area contributed by atoms with Crippen LogP contribution in [0.2, 0.25) is 0 Å². The standard InChI is InChI=1S/C15H13FN4OS2/c16-10-3-1-4-11(7-10)17-14(21)9-23-15-18-13(19-20-15)8-12-5-2-6-22-12/h1-7H,8-9H2,(H,17,21)(H,18,19,20). The molecule has 3 aromatic rings. The number of aromatic nitrogens is 3. The van der Waals surface area contributed by atoms with E-state index in [0.717, 1.165) is 5.82 Å². The zero-order valence-electron chi connectivity index (χ0n) is 12.0. The van der Waals surface area contributed by atoms with Crippen molar-refractivity contribution in [1.29, 1.82) is 0 Å². The van der Waals surface area contributed by atoms with Crippen molar-refractivity contribution in [2.24, 2.45) is 0 Å². The maximum absolute atomic E-state index is 13.0. The number of nitrogens with one attached hydrogen (secondary N) is 2. The van der Waals surface area contributed by atoms with Crippen molar-refractivity contribution in [3.63, 3.8) is 0 Å². The highest BCUT2D eigenvalue weighted by molar-refractivity contribution is 7.99. The monoisotopic (exact) mass is 348 g/mol. The lowest BCUT2D eigenvalue weighted by Gasteiger charge is -2.03. The number of amides is 1. The van der Waals surface area contributed by atoms with E-state index in [-0.39, 0.29) is 17.5 Å². The van der Waals surface area contributed by atoms with Gasteiger partial charge in [0.2, 0.25) is 11.1 Å². The molecule has 0 spiro atoms. The molecule has 0 aliphatic heterocycles. The highest BCUT2D eigenvalue weighted by atomic mass is 32.2. The zero-order chi connectivity index (χ0) is 16.1.